The second-order valence-electron chi connectivity index (χ2n) is 4.14. The molecule has 0 aliphatic rings. The van der Waals surface area contributed by atoms with E-state index in [9.17, 15) is 13.2 Å². The monoisotopic (exact) mass is 345 g/mol. The van der Waals surface area contributed by atoms with Crippen molar-refractivity contribution in [3.05, 3.63) is 45.4 Å². The van der Waals surface area contributed by atoms with Crippen LogP contribution in [-0.4, -0.2) is 19.3 Å². The third-order valence-electron chi connectivity index (χ3n) is 2.46. The van der Waals surface area contributed by atoms with Crippen molar-refractivity contribution >= 4 is 38.9 Å². The number of benzene rings is 1. The van der Waals surface area contributed by atoms with Gasteiger partial charge in [0, 0.05) is 10.4 Å². The molecule has 0 saturated heterocycles. The van der Waals surface area contributed by atoms with E-state index in [1.165, 1.54) is 35.6 Å². The maximum Gasteiger partial charge on any atom is 0.257 e. The summed E-state index contributed by atoms with van der Waals surface area (Å²) in [7, 11) is -3.82. The Morgan fingerprint density at radius 2 is 2.00 bits per heavy atom. The number of thiazole rings is 1. The van der Waals surface area contributed by atoms with E-state index in [0.29, 0.717) is 10.7 Å². The minimum atomic E-state index is -3.82. The average Bonchev–Trinajstić information content (AvgIpc) is 2.82. The van der Waals surface area contributed by atoms with Gasteiger partial charge < -0.3 is 0 Å². The first-order valence-electron chi connectivity index (χ1n) is 5.84. The van der Waals surface area contributed by atoms with Crippen molar-refractivity contribution in [2.45, 2.75) is 18.2 Å². The number of carbonyl (C=O) groups is 1. The van der Waals surface area contributed by atoms with Gasteiger partial charge in [0.2, 0.25) is 5.91 Å². The standard InChI is InChI=1S/C12H12ClN3O3S2/c1-8-14-10(7-20-8)6-12(17)15-16-21(18,19)11-4-2-9(13)3-5-11/h2-5,7,16H,6H2,1H3,(H,15,17). The van der Waals surface area contributed by atoms with Gasteiger partial charge in [0.1, 0.15) is 0 Å². The molecule has 9 heteroatoms. The molecule has 21 heavy (non-hydrogen) atoms. The number of halogens is 1. The van der Waals surface area contributed by atoms with Crippen LogP contribution in [0.1, 0.15) is 10.7 Å². The van der Waals surface area contributed by atoms with Gasteiger partial charge in [-0.05, 0) is 31.2 Å². The van der Waals surface area contributed by atoms with Crippen molar-refractivity contribution in [1.82, 2.24) is 15.2 Å². The molecule has 0 bridgehead atoms. The number of aromatic nitrogens is 1. The predicted octanol–water partition coefficient (Wildman–Crippen LogP) is 1.66. The number of hydrogen-bond acceptors (Lipinski definition) is 5. The van der Waals surface area contributed by atoms with Gasteiger partial charge >= 0.3 is 0 Å². The lowest BCUT2D eigenvalue weighted by Gasteiger charge is -2.07. The van der Waals surface area contributed by atoms with Crippen LogP contribution in [0.4, 0.5) is 0 Å². The molecule has 1 aromatic heterocycles. The lowest BCUT2D eigenvalue weighted by Crippen LogP contribution is -2.42. The maximum atomic E-state index is 11.9. The highest BCUT2D eigenvalue weighted by molar-refractivity contribution is 7.89. The highest BCUT2D eigenvalue weighted by atomic mass is 35.5. The highest BCUT2D eigenvalue weighted by Crippen LogP contribution is 2.13. The fraction of sp³-hybridized carbons (Fsp3) is 0.167. The van der Waals surface area contributed by atoms with Gasteiger partial charge in [0.25, 0.3) is 10.0 Å². The quantitative estimate of drug-likeness (QED) is 0.807. The number of rotatable bonds is 5. The predicted molar refractivity (Wildman–Crippen MR) is 80.5 cm³/mol. The molecule has 112 valence electrons. The Kier molecular flexibility index (Phi) is 4.94. The van der Waals surface area contributed by atoms with Crippen LogP contribution in [0.15, 0.2) is 34.5 Å². The molecule has 0 atom stereocenters. The Morgan fingerprint density at radius 3 is 2.57 bits per heavy atom. The highest BCUT2D eigenvalue weighted by Gasteiger charge is 2.15. The Bertz CT molecular complexity index is 741. The van der Waals surface area contributed by atoms with Crippen molar-refractivity contribution in [3.8, 4) is 0 Å². The van der Waals surface area contributed by atoms with E-state index in [-0.39, 0.29) is 11.3 Å². The SMILES string of the molecule is Cc1nc(CC(=O)NNS(=O)(=O)c2ccc(Cl)cc2)cs1. The van der Waals surface area contributed by atoms with E-state index >= 15 is 0 Å². The van der Waals surface area contributed by atoms with Crippen LogP contribution in [0, 0.1) is 6.92 Å². The summed E-state index contributed by atoms with van der Waals surface area (Å²) in [5.74, 6) is -0.488. The third kappa shape index (κ3) is 4.50. The zero-order valence-electron chi connectivity index (χ0n) is 11.0. The van der Waals surface area contributed by atoms with Gasteiger partial charge in [-0.15, -0.1) is 16.2 Å². The van der Waals surface area contributed by atoms with Crippen LogP contribution in [0.5, 0.6) is 0 Å². The number of carbonyl (C=O) groups excluding carboxylic acids is 1. The lowest BCUT2D eigenvalue weighted by molar-refractivity contribution is -0.120. The number of hydrazine groups is 1. The lowest BCUT2D eigenvalue weighted by atomic mass is 10.3. The smallest absolute Gasteiger partial charge is 0.257 e. The largest absolute Gasteiger partial charge is 0.277 e. The number of hydrogen-bond donors (Lipinski definition) is 2. The van der Waals surface area contributed by atoms with Crippen molar-refractivity contribution in [1.29, 1.82) is 0 Å². The Labute approximate surface area is 131 Å². The molecular weight excluding hydrogens is 334 g/mol. The molecule has 1 amide bonds. The molecule has 0 aliphatic heterocycles. The van der Waals surface area contributed by atoms with E-state index < -0.39 is 15.9 Å². The van der Waals surface area contributed by atoms with Crippen molar-refractivity contribution in [2.24, 2.45) is 0 Å². The number of aryl methyl sites for hydroxylation is 1. The number of amides is 1. The first-order valence-corrected chi connectivity index (χ1v) is 8.58. The fourth-order valence-electron chi connectivity index (χ4n) is 1.49. The van der Waals surface area contributed by atoms with Gasteiger partial charge in [0.05, 0.1) is 22.0 Å². The second-order valence-corrected chi connectivity index (χ2v) is 7.32. The molecule has 2 N–H and O–H groups in total. The van der Waals surface area contributed by atoms with Crippen molar-refractivity contribution < 1.29 is 13.2 Å². The molecule has 1 heterocycles. The summed E-state index contributed by atoms with van der Waals surface area (Å²) in [4.78, 5) is 17.8. The third-order valence-corrected chi connectivity index (χ3v) is 4.79. The zero-order valence-corrected chi connectivity index (χ0v) is 13.3. The average molecular weight is 346 g/mol. The normalized spacial score (nSPS) is 11.3. The molecule has 0 spiro atoms. The summed E-state index contributed by atoms with van der Waals surface area (Å²) in [6, 6.07) is 5.60. The summed E-state index contributed by atoms with van der Waals surface area (Å²) in [6.07, 6.45) is 0.00742. The molecule has 0 fully saturated rings. The van der Waals surface area contributed by atoms with Gasteiger partial charge in [-0.25, -0.2) is 13.4 Å². The Hall–Kier alpha value is -1.48. The van der Waals surface area contributed by atoms with E-state index in [1.807, 2.05) is 11.8 Å². The Balaban J connectivity index is 1.95. The number of nitrogens with one attached hydrogen (secondary N) is 2. The van der Waals surface area contributed by atoms with Crippen LogP contribution < -0.4 is 10.3 Å². The molecule has 1 aromatic carbocycles. The summed E-state index contributed by atoms with van der Waals surface area (Å²) in [5, 5.41) is 3.03. The molecular formula is C12H12ClN3O3S2. The summed E-state index contributed by atoms with van der Waals surface area (Å²) < 4.78 is 23.8. The van der Waals surface area contributed by atoms with E-state index in [4.69, 9.17) is 11.6 Å². The molecule has 2 aromatic rings. The molecule has 0 saturated carbocycles. The summed E-state index contributed by atoms with van der Waals surface area (Å²) >= 11 is 7.12. The number of nitrogens with zero attached hydrogens (tertiary/aromatic N) is 1. The molecule has 0 aliphatic carbocycles. The zero-order chi connectivity index (χ0) is 15.5. The van der Waals surface area contributed by atoms with Crippen LogP contribution in [0.25, 0.3) is 0 Å². The number of sulfonamides is 1. The Morgan fingerprint density at radius 1 is 1.33 bits per heavy atom. The van der Waals surface area contributed by atoms with Crippen LogP contribution in [0.3, 0.4) is 0 Å². The summed E-state index contributed by atoms with van der Waals surface area (Å²) in [6.45, 7) is 1.83. The van der Waals surface area contributed by atoms with Crippen LogP contribution >= 0.6 is 22.9 Å². The molecule has 0 radical (unpaired) electrons. The molecule has 6 nitrogen and oxygen atoms in total. The van der Waals surface area contributed by atoms with Crippen molar-refractivity contribution in [3.63, 3.8) is 0 Å². The van der Waals surface area contributed by atoms with Gasteiger partial charge in [-0.2, -0.15) is 0 Å². The van der Waals surface area contributed by atoms with Gasteiger partial charge in [-0.3, -0.25) is 10.2 Å². The maximum absolute atomic E-state index is 11.9. The first kappa shape index (κ1) is 15.9. The second kappa shape index (κ2) is 6.52. The van der Waals surface area contributed by atoms with Crippen molar-refractivity contribution in [2.75, 3.05) is 0 Å². The topological polar surface area (TPSA) is 88.2 Å². The minimum Gasteiger partial charge on any atom is -0.277 e. The van der Waals surface area contributed by atoms with Gasteiger partial charge in [-0.1, -0.05) is 11.6 Å². The van der Waals surface area contributed by atoms with Crippen LogP contribution in [0.2, 0.25) is 5.02 Å². The summed E-state index contributed by atoms with van der Waals surface area (Å²) in [5.41, 5.74) is 2.75. The van der Waals surface area contributed by atoms with E-state index in [0.717, 1.165) is 5.01 Å². The van der Waals surface area contributed by atoms with Gasteiger partial charge in [0.15, 0.2) is 0 Å². The van der Waals surface area contributed by atoms with E-state index in [2.05, 4.69) is 10.4 Å². The first-order chi connectivity index (χ1) is 9.87. The van der Waals surface area contributed by atoms with Crippen LogP contribution in [-0.2, 0) is 21.2 Å². The molecule has 2 rings (SSSR count). The fourth-order valence-corrected chi connectivity index (χ4v) is 3.09. The molecule has 0 unspecified atom stereocenters. The van der Waals surface area contributed by atoms with E-state index in [1.54, 1.807) is 5.38 Å². The minimum absolute atomic E-state index is 0.00742.